The maximum absolute atomic E-state index is 13.3. The minimum Gasteiger partial charge on any atom is -0.507 e. The molecule has 2 amide bonds. The number of nitrogens with zero attached hydrogens (tertiary/aromatic N) is 2. The summed E-state index contributed by atoms with van der Waals surface area (Å²) in [5.74, 6) is 0.707. The fourth-order valence-electron chi connectivity index (χ4n) is 6.02. The number of hydrogen-bond donors (Lipinski definition) is 2. The molecule has 7 heteroatoms. The number of phenolic OH excluding ortho intramolecular Hbond substituents is 1. The number of hydrogen-bond acceptors (Lipinski definition) is 5. The second kappa shape index (κ2) is 13.1. The molecule has 0 spiro atoms. The molecular weight excluding hydrogens is 526 g/mol. The molecule has 1 aromatic heterocycles. The maximum Gasteiger partial charge on any atom is 0.263 e. The van der Waals surface area contributed by atoms with Crippen molar-refractivity contribution in [2.45, 2.75) is 52.6 Å². The number of amides is 2. The van der Waals surface area contributed by atoms with Gasteiger partial charge >= 0.3 is 0 Å². The molecule has 7 nitrogen and oxygen atoms in total. The van der Waals surface area contributed by atoms with Crippen LogP contribution in [0.2, 0.25) is 0 Å². The predicted molar refractivity (Wildman–Crippen MR) is 166 cm³/mol. The van der Waals surface area contributed by atoms with E-state index in [-0.39, 0.29) is 23.1 Å². The number of piperidine rings is 1. The molecule has 1 aliphatic rings. The summed E-state index contributed by atoms with van der Waals surface area (Å²) >= 11 is 0. The fraction of sp³-hybridized carbons (Fsp3) is 0.343. The van der Waals surface area contributed by atoms with Crippen LogP contribution >= 0.6 is 0 Å². The lowest BCUT2D eigenvalue weighted by Gasteiger charge is -2.34. The first-order valence-corrected chi connectivity index (χ1v) is 14.8. The molecule has 2 atom stereocenters. The number of phenols is 1. The van der Waals surface area contributed by atoms with Crippen LogP contribution in [0, 0.1) is 19.8 Å². The van der Waals surface area contributed by atoms with Crippen molar-refractivity contribution in [1.82, 2.24) is 15.2 Å². The van der Waals surface area contributed by atoms with Crippen LogP contribution in [-0.2, 0) is 4.79 Å². The minimum atomic E-state index is -0.610. The normalized spacial score (nSPS) is 15.8. The highest BCUT2D eigenvalue weighted by molar-refractivity contribution is 5.97. The molecule has 42 heavy (non-hydrogen) atoms. The molecule has 0 saturated carbocycles. The van der Waals surface area contributed by atoms with Gasteiger partial charge in [0.05, 0.1) is 11.1 Å². The molecule has 2 heterocycles. The van der Waals surface area contributed by atoms with E-state index in [1.807, 2.05) is 36.2 Å². The summed E-state index contributed by atoms with van der Waals surface area (Å²) in [4.78, 5) is 32.2. The summed E-state index contributed by atoms with van der Waals surface area (Å²) in [5, 5.41) is 13.8. The van der Waals surface area contributed by atoms with Gasteiger partial charge in [0.25, 0.3) is 11.8 Å². The van der Waals surface area contributed by atoms with Gasteiger partial charge in [-0.2, -0.15) is 0 Å². The van der Waals surface area contributed by atoms with Crippen LogP contribution in [0.3, 0.4) is 0 Å². The van der Waals surface area contributed by atoms with E-state index in [4.69, 9.17) is 4.74 Å². The Balaban J connectivity index is 1.16. The monoisotopic (exact) mass is 565 g/mol. The molecule has 0 bridgehead atoms. The molecule has 1 saturated heterocycles. The topological polar surface area (TPSA) is 91.8 Å². The zero-order chi connectivity index (χ0) is 29.6. The summed E-state index contributed by atoms with van der Waals surface area (Å²) in [6.07, 6.45) is 4.96. The first-order valence-electron chi connectivity index (χ1n) is 14.8. The van der Waals surface area contributed by atoms with Crippen molar-refractivity contribution in [2.24, 2.45) is 5.92 Å². The van der Waals surface area contributed by atoms with Crippen LogP contribution in [0.5, 0.6) is 11.5 Å². The van der Waals surface area contributed by atoms with Gasteiger partial charge in [0, 0.05) is 37.3 Å². The zero-order valence-corrected chi connectivity index (χ0v) is 24.6. The first kappa shape index (κ1) is 29.1. The number of likely N-dealkylation sites (tertiary alicyclic amines) is 1. The van der Waals surface area contributed by atoms with Crippen molar-refractivity contribution in [2.75, 3.05) is 19.6 Å². The molecule has 0 unspecified atom stereocenters. The molecule has 2 N–H and O–H groups in total. The fourth-order valence-corrected chi connectivity index (χ4v) is 6.02. The molecule has 1 aliphatic heterocycles. The van der Waals surface area contributed by atoms with Crippen LogP contribution in [0.1, 0.15) is 54.1 Å². The van der Waals surface area contributed by atoms with Crippen LogP contribution in [-0.4, -0.2) is 52.5 Å². The van der Waals surface area contributed by atoms with Gasteiger partial charge in [0.1, 0.15) is 11.5 Å². The van der Waals surface area contributed by atoms with Gasteiger partial charge in [-0.1, -0.05) is 30.3 Å². The van der Waals surface area contributed by atoms with E-state index in [2.05, 4.69) is 48.4 Å². The average molecular weight is 566 g/mol. The van der Waals surface area contributed by atoms with Crippen molar-refractivity contribution >= 4 is 22.7 Å². The molecule has 218 valence electrons. The van der Waals surface area contributed by atoms with E-state index in [0.29, 0.717) is 24.8 Å². The summed E-state index contributed by atoms with van der Waals surface area (Å²) in [7, 11) is 0. The van der Waals surface area contributed by atoms with E-state index < -0.39 is 6.10 Å². The molecule has 5 rings (SSSR count). The van der Waals surface area contributed by atoms with Crippen molar-refractivity contribution < 1.29 is 19.4 Å². The number of carbonyl (C=O) groups is 2. The Hall–Kier alpha value is -4.39. The Morgan fingerprint density at radius 3 is 2.64 bits per heavy atom. The van der Waals surface area contributed by atoms with E-state index in [1.54, 1.807) is 18.2 Å². The molecule has 4 aromatic rings. The number of fused-ring (bicyclic) bond motifs is 1. The van der Waals surface area contributed by atoms with Crippen molar-refractivity contribution in [3.8, 4) is 22.6 Å². The quantitative estimate of drug-likeness (QED) is 0.228. The van der Waals surface area contributed by atoms with E-state index in [9.17, 15) is 14.7 Å². The van der Waals surface area contributed by atoms with Crippen molar-refractivity contribution in [3.05, 3.63) is 89.6 Å². The molecule has 0 aliphatic carbocycles. The third-order valence-corrected chi connectivity index (χ3v) is 8.18. The standard InChI is InChI=1S/C35H39N3O4/c1-23-9-6-10-24(2)33(23)29-17-19-36-31-21-27(15-16-28(29)31)42-25(3)35(41)38-20-8-12-26(22-38)11-7-18-37-34(40)30-13-4-5-14-32(30)39/h4-6,9-10,13-17,19,21,25-26,39H,7-8,11-12,18,20,22H2,1-3H3,(H,37,40)/t25-,26+/m1/s1. The molecular formula is C35H39N3O4. The number of pyridine rings is 1. The van der Waals surface area contributed by atoms with Gasteiger partial charge in [-0.05, 0) is 105 Å². The Labute approximate surface area is 247 Å². The summed E-state index contributed by atoms with van der Waals surface area (Å²) in [6, 6.07) is 20.8. The Bertz CT molecular complexity index is 1560. The summed E-state index contributed by atoms with van der Waals surface area (Å²) in [5.41, 5.74) is 5.92. The van der Waals surface area contributed by atoms with Gasteiger partial charge in [0.15, 0.2) is 6.10 Å². The number of ether oxygens (including phenoxy) is 1. The van der Waals surface area contributed by atoms with Gasteiger partial charge in [0.2, 0.25) is 0 Å². The smallest absolute Gasteiger partial charge is 0.263 e. The lowest BCUT2D eigenvalue weighted by atomic mass is 9.93. The molecule has 0 radical (unpaired) electrons. The van der Waals surface area contributed by atoms with Crippen molar-refractivity contribution in [3.63, 3.8) is 0 Å². The number of nitrogens with one attached hydrogen (secondary N) is 1. The van der Waals surface area contributed by atoms with Crippen LogP contribution in [0.15, 0.2) is 72.9 Å². The molecule has 1 fully saturated rings. The first-order chi connectivity index (χ1) is 20.3. The maximum atomic E-state index is 13.3. The van der Waals surface area contributed by atoms with E-state index >= 15 is 0 Å². The summed E-state index contributed by atoms with van der Waals surface area (Å²) in [6.45, 7) is 8.01. The Morgan fingerprint density at radius 2 is 1.86 bits per heavy atom. The SMILES string of the molecule is Cc1cccc(C)c1-c1ccnc2cc(O[C@H](C)C(=O)N3CCC[C@H](CCCNC(=O)c4ccccc4O)C3)ccc12. The Kier molecular flexibility index (Phi) is 9.06. The predicted octanol–water partition coefficient (Wildman–Crippen LogP) is 6.44. The van der Waals surface area contributed by atoms with E-state index in [1.165, 1.54) is 22.8 Å². The number of rotatable bonds is 9. The second-order valence-electron chi connectivity index (χ2n) is 11.3. The second-order valence-corrected chi connectivity index (χ2v) is 11.3. The number of aryl methyl sites for hydroxylation is 2. The number of carbonyl (C=O) groups excluding carboxylic acids is 2. The lowest BCUT2D eigenvalue weighted by molar-refractivity contribution is -0.139. The minimum absolute atomic E-state index is 0.00935. The largest absolute Gasteiger partial charge is 0.507 e. The average Bonchev–Trinajstić information content (AvgIpc) is 2.99. The third-order valence-electron chi connectivity index (χ3n) is 8.18. The number of aromatic hydroxyl groups is 1. The highest BCUT2D eigenvalue weighted by Gasteiger charge is 2.28. The molecule has 3 aromatic carbocycles. The van der Waals surface area contributed by atoms with Gasteiger partial charge in [-0.25, -0.2) is 0 Å². The number of para-hydroxylation sites is 1. The zero-order valence-electron chi connectivity index (χ0n) is 24.6. The number of benzene rings is 3. The van der Waals surface area contributed by atoms with Gasteiger partial charge in [-0.3, -0.25) is 14.6 Å². The highest BCUT2D eigenvalue weighted by atomic mass is 16.5. The number of aromatic nitrogens is 1. The van der Waals surface area contributed by atoms with Crippen LogP contribution < -0.4 is 10.1 Å². The third kappa shape index (κ3) is 6.56. The Morgan fingerprint density at radius 1 is 1.07 bits per heavy atom. The van der Waals surface area contributed by atoms with Crippen molar-refractivity contribution in [1.29, 1.82) is 0 Å². The summed E-state index contributed by atoms with van der Waals surface area (Å²) < 4.78 is 6.14. The van der Waals surface area contributed by atoms with E-state index in [0.717, 1.165) is 48.7 Å². The highest BCUT2D eigenvalue weighted by Crippen LogP contribution is 2.34. The lowest BCUT2D eigenvalue weighted by Crippen LogP contribution is -2.45. The van der Waals surface area contributed by atoms with Crippen LogP contribution in [0.25, 0.3) is 22.0 Å². The van der Waals surface area contributed by atoms with Gasteiger partial charge in [-0.15, -0.1) is 0 Å². The van der Waals surface area contributed by atoms with Crippen LogP contribution in [0.4, 0.5) is 0 Å². The van der Waals surface area contributed by atoms with Gasteiger partial charge < -0.3 is 20.1 Å².